The minimum absolute atomic E-state index is 0.00224. The van der Waals surface area contributed by atoms with Gasteiger partial charge in [-0.05, 0) is 23.3 Å². The van der Waals surface area contributed by atoms with E-state index in [9.17, 15) is 18.0 Å². The Morgan fingerprint density at radius 2 is 1.68 bits per heavy atom. The molecule has 1 fully saturated rings. The number of ether oxygens (including phenoxy) is 1. The van der Waals surface area contributed by atoms with Crippen LogP contribution in [0.5, 0.6) is 0 Å². The van der Waals surface area contributed by atoms with Crippen LogP contribution in [0.3, 0.4) is 0 Å². The number of hydrogen-bond donors (Lipinski definition) is 1. The van der Waals surface area contributed by atoms with E-state index in [1.807, 2.05) is 24.3 Å². The van der Waals surface area contributed by atoms with E-state index in [2.05, 4.69) is 10.2 Å². The molecule has 2 heterocycles. The molecule has 4 rings (SSSR count). The Hall–Kier alpha value is -2.75. The highest BCUT2D eigenvalue weighted by Crippen LogP contribution is 2.29. The first-order valence-corrected chi connectivity index (χ1v) is 11.7. The summed E-state index contributed by atoms with van der Waals surface area (Å²) in [6.45, 7) is 4.42. The van der Waals surface area contributed by atoms with Gasteiger partial charge in [0.1, 0.15) is 4.90 Å². The molecule has 0 saturated carbocycles. The van der Waals surface area contributed by atoms with Crippen molar-refractivity contribution >= 4 is 21.8 Å². The summed E-state index contributed by atoms with van der Waals surface area (Å²) in [6, 6.07) is 14.1. The van der Waals surface area contributed by atoms with E-state index in [-0.39, 0.29) is 29.3 Å². The first-order chi connectivity index (χ1) is 14.9. The lowest BCUT2D eigenvalue weighted by Crippen LogP contribution is -2.35. The topological polar surface area (TPSA) is 96.0 Å². The van der Waals surface area contributed by atoms with E-state index in [4.69, 9.17) is 4.74 Å². The van der Waals surface area contributed by atoms with Gasteiger partial charge in [0.25, 0.3) is 15.9 Å². The summed E-state index contributed by atoms with van der Waals surface area (Å²) < 4.78 is 31.2. The van der Waals surface area contributed by atoms with Crippen LogP contribution in [0.1, 0.15) is 27.9 Å². The molecule has 164 valence electrons. The Morgan fingerprint density at radius 3 is 2.39 bits per heavy atom. The van der Waals surface area contributed by atoms with Gasteiger partial charge < -0.3 is 10.1 Å². The van der Waals surface area contributed by atoms with E-state index < -0.39 is 15.9 Å². The largest absolute Gasteiger partial charge is 0.379 e. The number of sulfonamides is 1. The Bertz CT molecular complexity index is 1060. The average molecular weight is 444 g/mol. The number of rotatable bonds is 7. The summed E-state index contributed by atoms with van der Waals surface area (Å²) in [6.07, 6.45) is -0.0892. The van der Waals surface area contributed by atoms with Gasteiger partial charge in [-0.25, -0.2) is 12.7 Å². The van der Waals surface area contributed by atoms with Gasteiger partial charge in [0, 0.05) is 39.1 Å². The molecule has 8 nitrogen and oxygen atoms in total. The second-order valence-electron chi connectivity index (χ2n) is 7.61. The molecule has 9 heteroatoms. The van der Waals surface area contributed by atoms with Gasteiger partial charge in [0.05, 0.1) is 18.8 Å². The highest BCUT2D eigenvalue weighted by Gasteiger charge is 2.40. The Kier molecular flexibility index (Phi) is 6.35. The van der Waals surface area contributed by atoms with Crippen molar-refractivity contribution in [3.05, 3.63) is 65.2 Å². The molecule has 1 saturated heterocycles. The molecule has 1 N–H and O–H groups in total. The predicted molar refractivity (Wildman–Crippen MR) is 114 cm³/mol. The number of carbonyl (C=O) groups is 2. The van der Waals surface area contributed by atoms with Gasteiger partial charge >= 0.3 is 0 Å². The number of amides is 2. The summed E-state index contributed by atoms with van der Waals surface area (Å²) in [7, 11) is -3.88. The fourth-order valence-corrected chi connectivity index (χ4v) is 5.29. The second-order valence-corrected chi connectivity index (χ2v) is 9.44. The molecule has 2 aliphatic rings. The Morgan fingerprint density at radius 1 is 1.00 bits per heavy atom. The van der Waals surface area contributed by atoms with Gasteiger partial charge in [-0.15, -0.1) is 0 Å². The normalized spacial score (nSPS) is 18.1. The third kappa shape index (κ3) is 4.79. The van der Waals surface area contributed by atoms with Crippen LogP contribution >= 0.6 is 0 Å². The molecule has 31 heavy (non-hydrogen) atoms. The zero-order valence-electron chi connectivity index (χ0n) is 17.1. The standard InChI is InChI=1S/C22H25N3O5S/c26-21(9-10-25-22(27)19-3-1-2-4-20(19)31(25,28)29)23-15-17-5-7-18(8-6-17)16-24-11-13-30-14-12-24/h1-8H,9-16H2,(H,23,26). The first kappa shape index (κ1) is 21.5. The Labute approximate surface area is 181 Å². The molecule has 0 aromatic heterocycles. The number of benzene rings is 2. The lowest BCUT2D eigenvalue weighted by molar-refractivity contribution is -0.121. The van der Waals surface area contributed by atoms with Crippen molar-refractivity contribution in [2.45, 2.75) is 24.4 Å². The minimum atomic E-state index is -3.88. The maximum absolute atomic E-state index is 12.5. The number of carbonyl (C=O) groups excluding carboxylic acids is 2. The quantitative estimate of drug-likeness (QED) is 0.695. The van der Waals surface area contributed by atoms with E-state index in [0.29, 0.717) is 6.54 Å². The average Bonchev–Trinajstić information content (AvgIpc) is 2.98. The second kappa shape index (κ2) is 9.17. The lowest BCUT2D eigenvalue weighted by Gasteiger charge is -2.26. The van der Waals surface area contributed by atoms with Crippen LogP contribution in [0.25, 0.3) is 0 Å². The van der Waals surface area contributed by atoms with Crippen molar-refractivity contribution in [3.8, 4) is 0 Å². The van der Waals surface area contributed by atoms with Crippen LogP contribution in [0.4, 0.5) is 0 Å². The zero-order chi connectivity index (χ0) is 21.8. The maximum Gasteiger partial charge on any atom is 0.269 e. The highest BCUT2D eigenvalue weighted by atomic mass is 32.2. The zero-order valence-corrected chi connectivity index (χ0v) is 17.9. The lowest BCUT2D eigenvalue weighted by atomic mass is 10.1. The summed E-state index contributed by atoms with van der Waals surface area (Å²) in [5, 5.41) is 2.79. The summed E-state index contributed by atoms with van der Waals surface area (Å²) >= 11 is 0. The van der Waals surface area contributed by atoms with Gasteiger partial charge in [-0.1, -0.05) is 36.4 Å². The number of nitrogens with one attached hydrogen (secondary N) is 1. The molecule has 0 spiro atoms. The predicted octanol–water partition coefficient (Wildman–Crippen LogP) is 1.37. The highest BCUT2D eigenvalue weighted by molar-refractivity contribution is 7.90. The maximum atomic E-state index is 12.5. The summed E-state index contributed by atoms with van der Waals surface area (Å²) in [4.78, 5) is 27.0. The monoisotopic (exact) mass is 443 g/mol. The number of morpholine rings is 1. The van der Waals surface area contributed by atoms with Gasteiger partial charge in [0.15, 0.2) is 0 Å². The molecule has 2 amide bonds. The van der Waals surface area contributed by atoms with Crippen LogP contribution < -0.4 is 5.32 Å². The van der Waals surface area contributed by atoms with Crippen molar-refractivity contribution in [3.63, 3.8) is 0 Å². The summed E-state index contributed by atoms with van der Waals surface area (Å²) in [5.41, 5.74) is 2.31. The smallest absolute Gasteiger partial charge is 0.269 e. The first-order valence-electron chi connectivity index (χ1n) is 10.3. The molecule has 0 atom stereocenters. The molecule has 2 aliphatic heterocycles. The van der Waals surface area contributed by atoms with Crippen LogP contribution in [-0.2, 0) is 32.6 Å². The van der Waals surface area contributed by atoms with Crippen LogP contribution in [0.2, 0.25) is 0 Å². The number of hydrogen-bond acceptors (Lipinski definition) is 6. The molecule has 2 aromatic rings. The molecule has 0 unspecified atom stereocenters. The number of fused-ring (bicyclic) bond motifs is 1. The van der Waals surface area contributed by atoms with E-state index in [0.717, 1.165) is 42.7 Å². The molecular weight excluding hydrogens is 418 g/mol. The van der Waals surface area contributed by atoms with Crippen molar-refractivity contribution in [1.29, 1.82) is 0 Å². The fourth-order valence-electron chi connectivity index (χ4n) is 3.72. The molecule has 0 bridgehead atoms. The third-order valence-corrected chi connectivity index (χ3v) is 7.32. The molecule has 0 radical (unpaired) electrons. The van der Waals surface area contributed by atoms with Crippen LogP contribution in [-0.4, -0.2) is 62.3 Å². The SMILES string of the molecule is O=C(CCN1C(=O)c2ccccc2S1(=O)=O)NCc1ccc(CN2CCOCC2)cc1. The van der Waals surface area contributed by atoms with E-state index in [1.165, 1.54) is 17.7 Å². The minimum Gasteiger partial charge on any atom is -0.379 e. The number of nitrogens with zero attached hydrogens (tertiary/aromatic N) is 2. The van der Waals surface area contributed by atoms with Crippen molar-refractivity contribution < 1.29 is 22.7 Å². The van der Waals surface area contributed by atoms with Crippen molar-refractivity contribution in [2.75, 3.05) is 32.8 Å². The molecule has 2 aromatic carbocycles. The van der Waals surface area contributed by atoms with E-state index >= 15 is 0 Å². The van der Waals surface area contributed by atoms with Gasteiger partial charge in [0.2, 0.25) is 5.91 Å². The van der Waals surface area contributed by atoms with Crippen molar-refractivity contribution in [2.24, 2.45) is 0 Å². The van der Waals surface area contributed by atoms with Gasteiger partial charge in [-0.3, -0.25) is 14.5 Å². The summed E-state index contributed by atoms with van der Waals surface area (Å²) in [5.74, 6) is -0.893. The van der Waals surface area contributed by atoms with E-state index in [1.54, 1.807) is 12.1 Å². The van der Waals surface area contributed by atoms with Gasteiger partial charge in [-0.2, -0.15) is 0 Å². The van der Waals surface area contributed by atoms with Crippen LogP contribution in [0, 0.1) is 0 Å². The fraction of sp³-hybridized carbons (Fsp3) is 0.364. The molecule has 0 aliphatic carbocycles. The third-order valence-electron chi connectivity index (χ3n) is 5.48. The van der Waals surface area contributed by atoms with Crippen molar-refractivity contribution in [1.82, 2.24) is 14.5 Å². The Balaban J connectivity index is 1.26. The molecular formula is C22H25N3O5S. The van der Waals surface area contributed by atoms with Crippen LogP contribution in [0.15, 0.2) is 53.4 Å².